The van der Waals surface area contributed by atoms with Crippen molar-refractivity contribution in [3.8, 4) is 5.75 Å². The minimum atomic E-state index is -1.38. The van der Waals surface area contributed by atoms with Crippen LogP contribution in [0, 0.1) is 0 Å². The molecule has 1 aromatic carbocycles. The third kappa shape index (κ3) is 4.53. The van der Waals surface area contributed by atoms with E-state index in [-0.39, 0.29) is 24.3 Å². The molecular formula is C17H24O5. The normalized spacial score (nSPS) is 25.8. The third-order valence-corrected chi connectivity index (χ3v) is 3.49. The number of Topliss-reactive ketones (excluding diaryl/α,β-unsaturated/α-hetero) is 1. The van der Waals surface area contributed by atoms with E-state index in [0.717, 1.165) is 6.42 Å². The molecule has 122 valence electrons. The Morgan fingerprint density at radius 1 is 1.23 bits per heavy atom. The SMILES string of the molecule is CC1CC(C)OC(COc2ccc(C(=O)C(C)(C)O)cc2)O1. The lowest BCUT2D eigenvalue weighted by atomic mass is 9.97. The number of rotatable bonds is 5. The number of aliphatic hydroxyl groups is 1. The molecule has 1 aliphatic heterocycles. The van der Waals surface area contributed by atoms with Gasteiger partial charge in [0.25, 0.3) is 0 Å². The zero-order valence-corrected chi connectivity index (χ0v) is 13.5. The molecule has 0 radical (unpaired) electrons. The summed E-state index contributed by atoms with van der Waals surface area (Å²) in [5.41, 5.74) is -0.925. The van der Waals surface area contributed by atoms with Crippen LogP contribution in [0.15, 0.2) is 24.3 Å². The second-order valence-electron chi connectivity index (χ2n) is 6.28. The highest BCUT2D eigenvalue weighted by Crippen LogP contribution is 2.20. The van der Waals surface area contributed by atoms with Crippen LogP contribution in [0.5, 0.6) is 5.75 Å². The summed E-state index contributed by atoms with van der Waals surface area (Å²) in [6.07, 6.45) is 0.814. The fourth-order valence-corrected chi connectivity index (χ4v) is 2.43. The van der Waals surface area contributed by atoms with Gasteiger partial charge >= 0.3 is 0 Å². The molecule has 2 atom stereocenters. The van der Waals surface area contributed by atoms with Crippen molar-refractivity contribution in [3.05, 3.63) is 29.8 Å². The predicted molar refractivity (Wildman–Crippen MR) is 82.1 cm³/mol. The number of benzene rings is 1. The zero-order chi connectivity index (χ0) is 16.3. The molecule has 1 heterocycles. The minimum absolute atomic E-state index is 0.157. The number of carbonyl (C=O) groups excluding carboxylic acids is 1. The van der Waals surface area contributed by atoms with E-state index in [1.54, 1.807) is 24.3 Å². The summed E-state index contributed by atoms with van der Waals surface area (Å²) >= 11 is 0. The zero-order valence-electron chi connectivity index (χ0n) is 13.5. The standard InChI is InChI=1S/C17H24O5/c1-11-9-12(2)22-15(21-11)10-20-14-7-5-13(6-8-14)16(18)17(3,4)19/h5-8,11-12,15,19H,9-10H2,1-4H3. The molecule has 5 heteroatoms. The number of ether oxygens (including phenoxy) is 3. The summed E-state index contributed by atoms with van der Waals surface area (Å²) in [5.74, 6) is 0.311. The Bertz CT molecular complexity index is 493. The Morgan fingerprint density at radius 2 is 1.77 bits per heavy atom. The van der Waals surface area contributed by atoms with E-state index in [1.165, 1.54) is 13.8 Å². The number of ketones is 1. The van der Waals surface area contributed by atoms with Crippen LogP contribution in [-0.2, 0) is 9.47 Å². The van der Waals surface area contributed by atoms with Crippen LogP contribution in [0.1, 0.15) is 44.5 Å². The molecule has 1 fully saturated rings. The highest BCUT2D eigenvalue weighted by Gasteiger charge is 2.26. The van der Waals surface area contributed by atoms with Crippen molar-refractivity contribution in [1.29, 1.82) is 0 Å². The first kappa shape index (κ1) is 16.9. The lowest BCUT2D eigenvalue weighted by Gasteiger charge is -2.32. The van der Waals surface area contributed by atoms with Gasteiger partial charge in [-0.1, -0.05) is 0 Å². The van der Waals surface area contributed by atoms with Crippen molar-refractivity contribution in [2.24, 2.45) is 0 Å². The van der Waals surface area contributed by atoms with Crippen molar-refractivity contribution < 1.29 is 24.1 Å². The van der Waals surface area contributed by atoms with Gasteiger partial charge in [0, 0.05) is 5.56 Å². The van der Waals surface area contributed by atoms with E-state index in [4.69, 9.17) is 14.2 Å². The average molecular weight is 308 g/mol. The number of hydrogen-bond donors (Lipinski definition) is 1. The van der Waals surface area contributed by atoms with Crippen LogP contribution in [0.4, 0.5) is 0 Å². The topological polar surface area (TPSA) is 65.0 Å². The Balaban J connectivity index is 1.90. The third-order valence-electron chi connectivity index (χ3n) is 3.49. The smallest absolute Gasteiger partial charge is 0.193 e. The second-order valence-corrected chi connectivity index (χ2v) is 6.28. The summed E-state index contributed by atoms with van der Waals surface area (Å²) in [4.78, 5) is 11.9. The summed E-state index contributed by atoms with van der Waals surface area (Å²) in [6.45, 7) is 7.28. The van der Waals surface area contributed by atoms with Crippen LogP contribution < -0.4 is 4.74 Å². The molecule has 0 aromatic heterocycles. The van der Waals surface area contributed by atoms with Gasteiger partial charge in [-0.05, 0) is 58.4 Å². The Labute approximate surface area is 131 Å². The molecule has 1 saturated heterocycles. The first-order chi connectivity index (χ1) is 10.3. The molecule has 0 aliphatic carbocycles. The molecule has 2 unspecified atom stereocenters. The summed E-state index contributed by atoms with van der Waals surface area (Å²) in [6, 6.07) is 6.69. The van der Waals surface area contributed by atoms with E-state index >= 15 is 0 Å². The van der Waals surface area contributed by atoms with Gasteiger partial charge in [-0.15, -0.1) is 0 Å². The Morgan fingerprint density at radius 3 is 2.27 bits per heavy atom. The first-order valence-electron chi connectivity index (χ1n) is 7.56. The molecule has 0 bridgehead atoms. The van der Waals surface area contributed by atoms with Gasteiger partial charge in [0.15, 0.2) is 12.1 Å². The Kier molecular flexibility index (Phi) is 5.21. The summed E-state index contributed by atoms with van der Waals surface area (Å²) in [7, 11) is 0. The quantitative estimate of drug-likeness (QED) is 0.847. The molecule has 22 heavy (non-hydrogen) atoms. The Hall–Kier alpha value is -1.43. The van der Waals surface area contributed by atoms with E-state index in [1.807, 2.05) is 13.8 Å². The lowest BCUT2D eigenvalue weighted by Crippen LogP contribution is -2.38. The van der Waals surface area contributed by atoms with Crippen LogP contribution in [0.2, 0.25) is 0 Å². The van der Waals surface area contributed by atoms with E-state index in [9.17, 15) is 9.90 Å². The summed E-state index contributed by atoms with van der Waals surface area (Å²) < 4.78 is 16.9. The van der Waals surface area contributed by atoms with Crippen LogP contribution in [0.25, 0.3) is 0 Å². The molecule has 1 N–H and O–H groups in total. The van der Waals surface area contributed by atoms with Gasteiger partial charge in [-0.3, -0.25) is 4.79 Å². The fourth-order valence-electron chi connectivity index (χ4n) is 2.43. The monoisotopic (exact) mass is 308 g/mol. The van der Waals surface area contributed by atoms with Crippen molar-refractivity contribution in [2.75, 3.05) is 6.61 Å². The van der Waals surface area contributed by atoms with Crippen LogP contribution in [0.3, 0.4) is 0 Å². The maximum Gasteiger partial charge on any atom is 0.193 e. The van der Waals surface area contributed by atoms with Gasteiger partial charge in [0.05, 0.1) is 12.2 Å². The van der Waals surface area contributed by atoms with Gasteiger partial charge in [0.2, 0.25) is 0 Å². The first-order valence-corrected chi connectivity index (χ1v) is 7.56. The van der Waals surface area contributed by atoms with E-state index < -0.39 is 5.60 Å². The molecule has 0 spiro atoms. The van der Waals surface area contributed by atoms with Crippen molar-refractivity contribution in [3.63, 3.8) is 0 Å². The highest BCUT2D eigenvalue weighted by atomic mass is 16.7. The largest absolute Gasteiger partial charge is 0.488 e. The molecule has 1 aliphatic rings. The van der Waals surface area contributed by atoms with Gasteiger partial charge in [-0.25, -0.2) is 0 Å². The lowest BCUT2D eigenvalue weighted by molar-refractivity contribution is -0.243. The maximum absolute atomic E-state index is 11.9. The average Bonchev–Trinajstić information content (AvgIpc) is 2.43. The molecular weight excluding hydrogens is 284 g/mol. The predicted octanol–water partition coefficient (Wildman–Crippen LogP) is 2.56. The minimum Gasteiger partial charge on any atom is -0.488 e. The fraction of sp³-hybridized carbons (Fsp3) is 0.588. The van der Waals surface area contributed by atoms with Crippen molar-refractivity contribution >= 4 is 5.78 Å². The molecule has 1 aromatic rings. The number of carbonyl (C=O) groups is 1. The van der Waals surface area contributed by atoms with Crippen molar-refractivity contribution in [2.45, 2.75) is 58.2 Å². The molecule has 2 rings (SSSR count). The maximum atomic E-state index is 11.9. The second kappa shape index (κ2) is 6.77. The van der Waals surface area contributed by atoms with Gasteiger partial charge < -0.3 is 19.3 Å². The van der Waals surface area contributed by atoms with E-state index in [2.05, 4.69) is 0 Å². The van der Waals surface area contributed by atoms with Crippen LogP contribution in [-0.4, -0.2) is 41.6 Å². The highest BCUT2D eigenvalue weighted by molar-refractivity contribution is 6.01. The van der Waals surface area contributed by atoms with Crippen LogP contribution >= 0.6 is 0 Å². The van der Waals surface area contributed by atoms with Gasteiger partial charge in [0.1, 0.15) is 18.0 Å². The van der Waals surface area contributed by atoms with E-state index in [0.29, 0.717) is 17.9 Å². The molecule has 5 nitrogen and oxygen atoms in total. The van der Waals surface area contributed by atoms with Gasteiger partial charge in [-0.2, -0.15) is 0 Å². The number of hydrogen-bond acceptors (Lipinski definition) is 5. The molecule has 0 saturated carbocycles. The van der Waals surface area contributed by atoms with Crippen molar-refractivity contribution in [1.82, 2.24) is 0 Å². The summed E-state index contributed by atoms with van der Waals surface area (Å²) in [5, 5.41) is 9.72. The molecule has 0 amide bonds.